The summed E-state index contributed by atoms with van der Waals surface area (Å²) in [5.74, 6) is 0. The Balaban J connectivity index is 0. The molecule has 0 spiro atoms. The van der Waals surface area contributed by atoms with Crippen LogP contribution in [0.15, 0.2) is 0 Å². The molecule has 16 valence electrons. The van der Waals surface area contributed by atoms with E-state index in [-0.39, 0.29) is 85.7 Å². The molecule has 0 radical (unpaired) electrons. The molecule has 0 aromatic carbocycles. The van der Waals surface area contributed by atoms with Crippen molar-refractivity contribution in [2.24, 2.45) is 0 Å². The van der Waals surface area contributed by atoms with Crippen molar-refractivity contribution in [2.45, 2.75) is 0 Å². The summed E-state index contributed by atoms with van der Waals surface area (Å²) in [4.78, 5) is 0. The molecular weight excluding hydrogens is 146 g/mol. The van der Waals surface area contributed by atoms with Crippen LogP contribution < -0.4 is 0 Å². The maximum atomic E-state index is 0. The average Bonchev–Trinajstić information content (AvgIpc) is 0. The Labute approximate surface area is 84.1 Å². The van der Waals surface area contributed by atoms with Crippen LogP contribution in [0.4, 0.5) is 0 Å². The molecular formula is H4CaMgOZn. The number of rotatable bonds is 0. The molecule has 0 fully saturated rings. The molecule has 0 aliphatic rings. The molecule has 4 heteroatoms. The van der Waals surface area contributed by atoms with Gasteiger partial charge in [0.15, 0.2) is 0 Å². The van der Waals surface area contributed by atoms with Crippen molar-refractivity contribution in [3.05, 3.63) is 0 Å². The second-order valence-corrected chi connectivity index (χ2v) is 0. The van der Waals surface area contributed by atoms with Gasteiger partial charge in [-0.3, -0.25) is 0 Å². The number of hydrogen-bond acceptors (Lipinski definition) is 0. The molecule has 0 aliphatic carbocycles. The summed E-state index contributed by atoms with van der Waals surface area (Å²) in [6.45, 7) is 0. The van der Waals surface area contributed by atoms with Gasteiger partial charge in [0.25, 0.3) is 0 Å². The van der Waals surface area contributed by atoms with Gasteiger partial charge in [-0.05, 0) is 0 Å². The molecule has 1 nitrogen and oxygen atoms in total. The number of hydrogen-bond donors (Lipinski definition) is 0. The van der Waals surface area contributed by atoms with Gasteiger partial charge in [-0.1, -0.05) is 0 Å². The Morgan fingerprint density at radius 1 is 1.00 bits per heavy atom. The van der Waals surface area contributed by atoms with Crippen molar-refractivity contribution in [1.82, 2.24) is 0 Å². The van der Waals surface area contributed by atoms with Crippen LogP contribution in [-0.2, 0) is 25.0 Å². The molecule has 4 heavy (non-hydrogen) atoms. The van der Waals surface area contributed by atoms with Gasteiger partial charge in [0.05, 0.1) is 0 Å². The molecule has 0 saturated carbocycles. The summed E-state index contributed by atoms with van der Waals surface area (Å²) in [5.41, 5.74) is 0. The minimum Gasteiger partial charge on any atom is -2.00 e. The van der Waals surface area contributed by atoms with E-state index >= 15 is 0 Å². The fourth-order valence-electron chi connectivity index (χ4n) is 0. The van der Waals surface area contributed by atoms with Crippen LogP contribution in [0.25, 0.3) is 0 Å². The Hall–Kier alpha value is 2.61. The minimum absolute atomic E-state index is 0. The van der Waals surface area contributed by atoms with E-state index in [0.29, 0.717) is 0 Å². The fraction of sp³-hybridized carbons (Fsp3) is 0. The van der Waals surface area contributed by atoms with Crippen molar-refractivity contribution in [1.29, 1.82) is 0 Å². The van der Waals surface area contributed by atoms with E-state index < -0.39 is 0 Å². The summed E-state index contributed by atoms with van der Waals surface area (Å²) < 4.78 is 0. The summed E-state index contributed by atoms with van der Waals surface area (Å²) in [6.07, 6.45) is 0. The fourth-order valence-corrected chi connectivity index (χ4v) is 0. The van der Waals surface area contributed by atoms with Crippen molar-refractivity contribution in [3.63, 3.8) is 0 Å². The molecule has 0 aromatic heterocycles. The normalized spacial score (nSPS) is 0. The Kier molecular flexibility index (Phi) is 134. The molecule has 0 bridgehead atoms. The smallest absolute Gasteiger partial charge is 2.00 e. The largest absolute Gasteiger partial charge is 2.00 e. The first-order chi connectivity index (χ1) is 0. The van der Waals surface area contributed by atoms with E-state index in [9.17, 15) is 0 Å². The third-order valence-electron chi connectivity index (χ3n) is 0. The van der Waals surface area contributed by atoms with Gasteiger partial charge < -0.3 is 5.48 Å². The minimum atomic E-state index is 0. The Morgan fingerprint density at radius 3 is 1.00 bits per heavy atom. The summed E-state index contributed by atoms with van der Waals surface area (Å²) in [5, 5.41) is 0. The van der Waals surface area contributed by atoms with Crippen LogP contribution in [0.5, 0.6) is 0 Å². The van der Waals surface area contributed by atoms with Gasteiger partial charge in [0, 0.05) is 0 Å². The molecule has 0 rings (SSSR count). The monoisotopic (exact) mass is 148 g/mol. The van der Waals surface area contributed by atoms with Crippen LogP contribution in [0.3, 0.4) is 0 Å². The zero-order valence-corrected chi connectivity index (χ0v) is 4.08. The average molecular weight is 150 g/mol. The zero-order chi connectivity index (χ0) is 0. The molecule has 0 unspecified atom stereocenters. The Bertz CT molecular complexity index is 8.00. The first-order valence-corrected chi connectivity index (χ1v) is 0. The second-order valence-electron chi connectivity index (χ2n) is 0. The summed E-state index contributed by atoms with van der Waals surface area (Å²) in [7, 11) is 0. The van der Waals surface area contributed by atoms with E-state index in [2.05, 4.69) is 0 Å². The van der Waals surface area contributed by atoms with Gasteiger partial charge in [-0.2, -0.15) is 0 Å². The van der Waals surface area contributed by atoms with E-state index in [1.165, 1.54) is 0 Å². The maximum Gasteiger partial charge on any atom is 2.00 e. The summed E-state index contributed by atoms with van der Waals surface area (Å²) in [6, 6.07) is 0. The van der Waals surface area contributed by atoms with Crippen LogP contribution in [0.2, 0.25) is 0 Å². The van der Waals surface area contributed by atoms with Crippen LogP contribution >= 0.6 is 0 Å². The molecule has 0 N–H and O–H groups in total. The van der Waals surface area contributed by atoms with Gasteiger partial charge in [-0.15, -0.1) is 0 Å². The van der Waals surface area contributed by atoms with E-state index in [1.54, 1.807) is 0 Å². The first-order valence-electron chi connectivity index (χ1n) is 0. The summed E-state index contributed by atoms with van der Waals surface area (Å²) >= 11 is 0. The van der Waals surface area contributed by atoms with Gasteiger partial charge in [-0.25, -0.2) is 0 Å². The SMILES string of the molecule is [CaH2].[MgH2].[O-2].[Zn+2]. The predicted molar refractivity (Wildman–Crippen MR) is 17.8 cm³/mol. The topological polar surface area (TPSA) is 28.5 Å². The molecule has 0 heterocycles. The Morgan fingerprint density at radius 2 is 1.00 bits per heavy atom. The van der Waals surface area contributed by atoms with Crippen molar-refractivity contribution in [3.8, 4) is 0 Å². The van der Waals surface area contributed by atoms with Crippen molar-refractivity contribution < 1.29 is 25.0 Å². The zero-order valence-electron chi connectivity index (χ0n) is 1.12. The van der Waals surface area contributed by atoms with Gasteiger partial charge in [0.2, 0.25) is 0 Å². The standard InChI is InChI=1S/Ca.Mg.O.Zn.4H/q;;-2;+2;;;;. The second kappa shape index (κ2) is 17.5. The molecule has 0 saturated heterocycles. The van der Waals surface area contributed by atoms with Gasteiger partial charge in [0.1, 0.15) is 0 Å². The van der Waals surface area contributed by atoms with Crippen LogP contribution in [0, 0.1) is 0 Å². The first kappa shape index (κ1) is 30.5. The predicted octanol–water partition coefficient (Wildman–Crippen LogP) is -1.95. The van der Waals surface area contributed by atoms with E-state index in [4.69, 9.17) is 0 Å². The third-order valence-corrected chi connectivity index (χ3v) is 0. The van der Waals surface area contributed by atoms with Crippen LogP contribution in [0.1, 0.15) is 0 Å². The van der Waals surface area contributed by atoms with Crippen LogP contribution in [-0.4, -0.2) is 60.8 Å². The molecule has 0 aliphatic heterocycles. The van der Waals surface area contributed by atoms with Crippen molar-refractivity contribution in [2.75, 3.05) is 0 Å². The van der Waals surface area contributed by atoms with E-state index in [0.717, 1.165) is 0 Å². The van der Waals surface area contributed by atoms with E-state index in [1.807, 2.05) is 0 Å². The quantitative estimate of drug-likeness (QED) is 0.359. The maximum absolute atomic E-state index is 0. The molecule has 0 amide bonds. The third kappa shape index (κ3) is 8.82. The van der Waals surface area contributed by atoms with Gasteiger partial charge >= 0.3 is 80.3 Å². The molecule has 0 aromatic rings. The van der Waals surface area contributed by atoms with Crippen molar-refractivity contribution >= 4 is 60.8 Å². The molecule has 0 atom stereocenters.